The molecule has 154 valence electrons. The van der Waals surface area contributed by atoms with Crippen molar-refractivity contribution in [2.75, 3.05) is 7.11 Å². The minimum Gasteiger partial charge on any atom is -0.496 e. The van der Waals surface area contributed by atoms with E-state index in [4.69, 9.17) is 4.74 Å². The predicted molar refractivity (Wildman–Crippen MR) is 121 cm³/mol. The van der Waals surface area contributed by atoms with Gasteiger partial charge < -0.3 is 4.74 Å². The molecule has 0 radical (unpaired) electrons. The second kappa shape index (κ2) is 7.92. The van der Waals surface area contributed by atoms with Crippen LogP contribution in [0, 0.1) is 5.82 Å². The number of methoxy groups -OCH3 is 1. The topological polar surface area (TPSA) is 57.0 Å². The molecule has 0 N–H and O–H groups in total. The Kier molecular flexibility index (Phi) is 4.95. The first-order chi connectivity index (χ1) is 15.1. The van der Waals surface area contributed by atoms with Crippen LogP contribution in [0.3, 0.4) is 0 Å². The molecule has 5 aromatic rings. The normalized spacial score (nSPS) is 11.3. The molecular formula is C24H18FN3O2S. The number of hydrogen-bond donors (Lipinski definition) is 0. The van der Waals surface area contributed by atoms with Crippen molar-refractivity contribution in [1.82, 2.24) is 14.8 Å². The Balaban J connectivity index is 1.51. The van der Waals surface area contributed by atoms with E-state index < -0.39 is 0 Å². The van der Waals surface area contributed by atoms with Crippen molar-refractivity contribution < 1.29 is 9.13 Å². The molecule has 7 heteroatoms. The lowest BCUT2D eigenvalue weighted by molar-refractivity contribution is 0.413. The Bertz CT molecular complexity index is 1480. The third-order valence-corrected chi connectivity index (χ3v) is 6.19. The molecule has 0 bridgehead atoms. The number of aryl methyl sites for hydroxylation is 2. The Morgan fingerprint density at radius 2 is 1.97 bits per heavy atom. The van der Waals surface area contributed by atoms with Gasteiger partial charge in [-0.25, -0.2) is 9.07 Å². The van der Waals surface area contributed by atoms with E-state index in [0.717, 1.165) is 26.9 Å². The summed E-state index contributed by atoms with van der Waals surface area (Å²) in [5.41, 5.74) is 3.06. The lowest BCUT2D eigenvalue weighted by Crippen LogP contribution is -2.23. The van der Waals surface area contributed by atoms with Gasteiger partial charge in [-0.2, -0.15) is 5.10 Å². The Hall–Kier alpha value is -3.58. The predicted octanol–water partition coefficient (Wildman–Crippen LogP) is 5.06. The van der Waals surface area contributed by atoms with E-state index in [1.165, 1.54) is 35.3 Å². The van der Waals surface area contributed by atoms with Gasteiger partial charge in [0, 0.05) is 40.1 Å². The molecular weight excluding hydrogens is 413 g/mol. The molecule has 3 aromatic heterocycles. The van der Waals surface area contributed by atoms with E-state index in [-0.39, 0.29) is 11.4 Å². The number of para-hydroxylation sites is 1. The number of ether oxygens (including phenoxy) is 1. The van der Waals surface area contributed by atoms with E-state index in [1.807, 2.05) is 41.8 Å². The van der Waals surface area contributed by atoms with Crippen molar-refractivity contribution in [1.29, 1.82) is 0 Å². The molecule has 0 atom stereocenters. The van der Waals surface area contributed by atoms with Crippen LogP contribution in [-0.2, 0) is 13.0 Å². The highest BCUT2D eigenvalue weighted by atomic mass is 32.1. The van der Waals surface area contributed by atoms with Crippen LogP contribution in [0.5, 0.6) is 5.75 Å². The Morgan fingerprint density at radius 1 is 1.10 bits per heavy atom. The summed E-state index contributed by atoms with van der Waals surface area (Å²) in [5, 5.41) is 7.88. The minimum absolute atomic E-state index is 0.180. The van der Waals surface area contributed by atoms with Crippen molar-refractivity contribution >= 4 is 32.3 Å². The molecule has 5 rings (SSSR count). The number of nitrogens with zero attached hydrogens (tertiary/aromatic N) is 3. The highest BCUT2D eigenvalue weighted by Crippen LogP contribution is 2.37. The fraction of sp³-hybridized carbons (Fsp3) is 0.125. The number of benzene rings is 2. The molecule has 0 fully saturated rings. The minimum atomic E-state index is -0.387. The smallest absolute Gasteiger partial charge is 0.276 e. The first kappa shape index (κ1) is 19.4. The van der Waals surface area contributed by atoms with Crippen molar-refractivity contribution in [3.8, 4) is 16.9 Å². The van der Waals surface area contributed by atoms with Crippen LogP contribution in [0.1, 0.15) is 5.69 Å². The quantitative estimate of drug-likeness (QED) is 0.390. The van der Waals surface area contributed by atoms with Crippen LogP contribution in [0.25, 0.3) is 32.1 Å². The molecule has 5 nitrogen and oxygen atoms in total. The maximum atomic E-state index is 13.6. The molecule has 0 amide bonds. The van der Waals surface area contributed by atoms with Crippen LogP contribution in [-0.4, -0.2) is 21.9 Å². The maximum Gasteiger partial charge on any atom is 0.276 e. The summed E-state index contributed by atoms with van der Waals surface area (Å²) in [6.07, 6.45) is 2.29. The van der Waals surface area contributed by atoms with Crippen molar-refractivity contribution in [2.45, 2.75) is 13.0 Å². The van der Waals surface area contributed by atoms with Gasteiger partial charge in [-0.05, 0) is 24.3 Å². The highest BCUT2D eigenvalue weighted by Gasteiger charge is 2.16. The van der Waals surface area contributed by atoms with Crippen LogP contribution in [0.15, 0.2) is 71.0 Å². The molecule has 2 aromatic carbocycles. The van der Waals surface area contributed by atoms with Crippen LogP contribution in [0.4, 0.5) is 4.39 Å². The molecule has 0 aliphatic heterocycles. The van der Waals surface area contributed by atoms with E-state index in [9.17, 15) is 9.18 Å². The fourth-order valence-corrected chi connectivity index (χ4v) is 4.62. The molecule has 0 aliphatic carbocycles. The number of halogens is 1. The molecule has 0 aliphatic rings. The van der Waals surface area contributed by atoms with Crippen molar-refractivity contribution in [3.63, 3.8) is 0 Å². The standard InChI is InChI=1S/C24H18FN3O2S/c1-30-21-12-16(25)7-9-18(21)19-14-31-22-13-26-28(24(29)23(19)22)11-10-17-8-6-15-4-2-3-5-20(15)27-17/h2-9,12-14H,10-11H2,1H3. The molecule has 31 heavy (non-hydrogen) atoms. The third kappa shape index (κ3) is 3.57. The zero-order valence-electron chi connectivity index (χ0n) is 16.7. The third-order valence-electron chi connectivity index (χ3n) is 5.27. The zero-order valence-corrected chi connectivity index (χ0v) is 17.5. The summed E-state index contributed by atoms with van der Waals surface area (Å²) in [7, 11) is 1.49. The monoisotopic (exact) mass is 431 g/mol. The average Bonchev–Trinajstić information content (AvgIpc) is 3.23. The van der Waals surface area contributed by atoms with E-state index >= 15 is 0 Å². The van der Waals surface area contributed by atoms with E-state index in [1.54, 1.807) is 12.3 Å². The summed E-state index contributed by atoms with van der Waals surface area (Å²) in [6, 6.07) is 16.3. The lowest BCUT2D eigenvalue weighted by Gasteiger charge is -2.09. The summed E-state index contributed by atoms with van der Waals surface area (Å²) in [6.45, 7) is 0.413. The number of hydrogen-bond acceptors (Lipinski definition) is 5. The van der Waals surface area contributed by atoms with E-state index in [2.05, 4.69) is 10.1 Å². The summed E-state index contributed by atoms with van der Waals surface area (Å²) in [4.78, 5) is 17.9. The van der Waals surface area contributed by atoms with Gasteiger partial charge in [0.15, 0.2) is 0 Å². The van der Waals surface area contributed by atoms with E-state index in [0.29, 0.717) is 29.7 Å². The van der Waals surface area contributed by atoms with Crippen LogP contribution >= 0.6 is 11.3 Å². The van der Waals surface area contributed by atoms with Gasteiger partial charge >= 0.3 is 0 Å². The fourth-order valence-electron chi connectivity index (χ4n) is 3.71. The maximum absolute atomic E-state index is 13.6. The van der Waals surface area contributed by atoms with Crippen molar-refractivity contribution in [2.24, 2.45) is 0 Å². The van der Waals surface area contributed by atoms with Crippen LogP contribution in [0.2, 0.25) is 0 Å². The Morgan fingerprint density at radius 3 is 2.84 bits per heavy atom. The van der Waals surface area contributed by atoms with Crippen LogP contribution < -0.4 is 10.3 Å². The zero-order chi connectivity index (χ0) is 21.4. The largest absolute Gasteiger partial charge is 0.496 e. The molecule has 0 saturated carbocycles. The second-order valence-corrected chi connectivity index (χ2v) is 8.06. The first-order valence-electron chi connectivity index (χ1n) is 9.80. The number of thiophene rings is 1. The summed E-state index contributed by atoms with van der Waals surface area (Å²) >= 11 is 1.43. The molecule has 0 spiro atoms. The molecule has 3 heterocycles. The number of pyridine rings is 1. The first-order valence-corrected chi connectivity index (χ1v) is 10.7. The number of fused-ring (bicyclic) bond motifs is 2. The molecule has 0 unspecified atom stereocenters. The molecule has 0 saturated heterocycles. The Labute approximate surface area is 181 Å². The van der Waals surface area contributed by atoms with Gasteiger partial charge in [0.2, 0.25) is 0 Å². The summed E-state index contributed by atoms with van der Waals surface area (Å²) in [5.74, 6) is 0.00456. The van der Waals surface area contributed by atoms with Gasteiger partial charge in [-0.15, -0.1) is 11.3 Å². The second-order valence-electron chi connectivity index (χ2n) is 7.15. The number of aromatic nitrogens is 3. The summed E-state index contributed by atoms with van der Waals surface area (Å²) < 4.78 is 21.2. The lowest BCUT2D eigenvalue weighted by atomic mass is 10.0. The SMILES string of the molecule is COc1cc(F)ccc1-c1csc2cnn(CCc3ccc4ccccc4n3)c(=O)c12. The average molecular weight is 431 g/mol. The van der Waals surface area contributed by atoms with Gasteiger partial charge in [0.05, 0.1) is 35.5 Å². The van der Waals surface area contributed by atoms with Gasteiger partial charge in [0.25, 0.3) is 5.56 Å². The number of rotatable bonds is 5. The van der Waals surface area contributed by atoms with Crippen molar-refractivity contribution in [3.05, 3.63) is 88.0 Å². The van der Waals surface area contributed by atoms with Gasteiger partial charge in [0.1, 0.15) is 11.6 Å². The highest BCUT2D eigenvalue weighted by molar-refractivity contribution is 7.17. The van der Waals surface area contributed by atoms with Gasteiger partial charge in [-0.3, -0.25) is 9.78 Å². The van der Waals surface area contributed by atoms with Gasteiger partial charge in [-0.1, -0.05) is 24.3 Å².